The molecule has 0 aliphatic carbocycles. The highest BCUT2D eigenvalue weighted by atomic mass is 32.2. The lowest BCUT2D eigenvalue weighted by Gasteiger charge is -2.32. The number of anilines is 1. The molecule has 1 saturated heterocycles. The number of aromatic nitrogens is 2. The molecule has 1 unspecified atom stereocenters. The van der Waals surface area contributed by atoms with Crippen molar-refractivity contribution in [1.29, 1.82) is 0 Å². The Hall–Kier alpha value is -1.16. The first-order valence-electron chi connectivity index (χ1n) is 6.49. The summed E-state index contributed by atoms with van der Waals surface area (Å²) in [5.41, 5.74) is 2.40. The SMILES string of the molecule is CC1CCCCN1S(=O)(=O)c1c(NN)nc2sccn12. The van der Waals surface area contributed by atoms with E-state index in [0.717, 1.165) is 19.3 Å². The van der Waals surface area contributed by atoms with E-state index in [1.165, 1.54) is 11.3 Å². The zero-order valence-corrected chi connectivity index (χ0v) is 12.7. The first-order chi connectivity index (χ1) is 9.55. The van der Waals surface area contributed by atoms with Crippen molar-refractivity contribution in [2.45, 2.75) is 37.3 Å². The lowest BCUT2D eigenvalue weighted by Crippen LogP contribution is -2.42. The molecule has 3 N–H and O–H groups in total. The smallest absolute Gasteiger partial charge is 0.263 e. The molecule has 1 aliphatic heterocycles. The molecule has 9 heteroatoms. The number of rotatable bonds is 3. The molecule has 1 fully saturated rings. The van der Waals surface area contributed by atoms with Gasteiger partial charge in [-0.15, -0.1) is 11.3 Å². The molecule has 2 aromatic rings. The van der Waals surface area contributed by atoms with Gasteiger partial charge in [0.2, 0.25) is 5.03 Å². The van der Waals surface area contributed by atoms with E-state index in [1.54, 1.807) is 20.3 Å². The first-order valence-corrected chi connectivity index (χ1v) is 8.81. The third kappa shape index (κ3) is 2.01. The van der Waals surface area contributed by atoms with Crippen molar-refractivity contribution in [3.8, 4) is 0 Å². The molecule has 1 aliphatic rings. The van der Waals surface area contributed by atoms with Gasteiger partial charge >= 0.3 is 0 Å². The van der Waals surface area contributed by atoms with E-state index in [4.69, 9.17) is 5.84 Å². The van der Waals surface area contributed by atoms with Crippen LogP contribution < -0.4 is 11.3 Å². The summed E-state index contributed by atoms with van der Waals surface area (Å²) in [5.74, 6) is 5.63. The number of nitrogens with two attached hydrogens (primary N) is 1. The highest BCUT2D eigenvalue weighted by molar-refractivity contribution is 7.89. The molecule has 7 nitrogen and oxygen atoms in total. The van der Waals surface area contributed by atoms with E-state index in [-0.39, 0.29) is 16.9 Å². The van der Waals surface area contributed by atoms with Crippen LogP contribution in [0.15, 0.2) is 16.6 Å². The van der Waals surface area contributed by atoms with Gasteiger partial charge in [-0.3, -0.25) is 4.40 Å². The normalized spacial score (nSPS) is 21.4. The number of hydrogen-bond donors (Lipinski definition) is 2. The third-order valence-corrected chi connectivity index (χ3v) is 6.45. The largest absolute Gasteiger partial charge is 0.306 e. The minimum absolute atomic E-state index is 0.00330. The summed E-state index contributed by atoms with van der Waals surface area (Å²) >= 11 is 1.37. The average molecular weight is 315 g/mol. The van der Waals surface area contributed by atoms with Gasteiger partial charge in [-0.1, -0.05) is 6.42 Å². The van der Waals surface area contributed by atoms with Crippen LogP contribution >= 0.6 is 11.3 Å². The van der Waals surface area contributed by atoms with Crippen molar-refractivity contribution in [2.75, 3.05) is 12.0 Å². The van der Waals surface area contributed by atoms with Crippen molar-refractivity contribution in [3.05, 3.63) is 11.6 Å². The quantitative estimate of drug-likeness (QED) is 0.657. The van der Waals surface area contributed by atoms with Crippen molar-refractivity contribution >= 4 is 32.1 Å². The van der Waals surface area contributed by atoms with Crippen LogP contribution in [-0.4, -0.2) is 34.7 Å². The molecule has 0 aromatic carbocycles. The van der Waals surface area contributed by atoms with Gasteiger partial charge in [0.05, 0.1) is 0 Å². The summed E-state index contributed by atoms with van der Waals surface area (Å²) in [6.07, 6.45) is 4.54. The third-order valence-electron chi connectivity index (χ3n) is 3.65. The number of sulfonamides is 1. The van der Waals surface area contributed by atoms with Gasteiger partial charge in [0, 0.05) is 24.2 Å². The average Bonchev–Trinajstić information content (AvgIpc) is 2.97. The highest BCUT2D eigenvalue weighted by Gasteiger charge is 2.35. The predicted octanol–water partition coefficient (Wildman–Crippen LogP) is 1.24. The van der Waals surface area contributed by atoms with E-state index >= 15 is 0 Å². The van der Waals surface area contributed by atoms with E-state index in [1.807, 2.05) is 6.92 Å². The van der Waals surface area contributed by atoms with E-state index < -0.39 is 10.0 Å². The molecule has 3 heterocycles. The number of thiazole rings is 1. The Morgan fingerprint density at radius 3 is 3.00 bits per heavy atom. The van der Waals surface area contributed by atoms with Crippen molar-refractivity contribution in [3.63, 3.8) is 0 Å². The van der Waals surface area contributed by atoms with E-state index in [9.17, 15) is 8.42 Å². The molecular formula is C11H17N5O2S2. The van der Waals surface area contributed by atoms with Crippen LogP contribution in [0.4, 0.5) is 5.82 Å². The van der Waals surface area contributed by atoms with Crippen LogP contribution in [0.25, 0.3) is 4.96 Å². The summed E-state index contributed by atoms with van der Waals surface area (Å²) in [6, 6.07) is 0.00330. The topological polar surface area (TPSA) is 92.7 Å². The predicted molar refractivity (Wildman–Crippen MR) is 78.1 cm³/mol. The number of nitrogens with one attached hydrogen (secondary N) is 1. The van der Waals surface area contributed by atoms with Crippen LogP contribution in [0.3, 0.4) is 0 Å². The zero-order chi connectivity index (χ0) is 14.3. The molecule has 3 rings (SSSR count). The summed E-state index contributed by atoms with van der Waals surface area (Å²) < 4.78 is 29.0. The minimum Gasteiger partial charge on any atom is -0.306 e. The second kappa shape index (κ2) is 4.99. The van der Waals surface area contributed by atoms with Gasteiger partial charge in [0.1, 0.15) is 0 Å². The molecule has 20 heavy (non-hydrogen) atoms. The lowest BCUT2D eigenvalue weighted by atomic mass is 10.1. The number of imidazole rings is 1. The maximum Gasteiger partial charge on any atom is 0.263 e. The number of hydrogen-bond acceptors (Lipinski definition) is 6. The van der Waals surface area contributed by atoms with E-state index in [0.29, 0.717) is 11.5 Å². The molecule has 0 saturated carbocycles. The Balaban J connectivity index is 2.15. The zero-order valence-electron chi connectivity index (χ0n) is 11.1. The molecule has 2 aromatic heterocycles. The van der Waals surface area contributed by atoms with Gasteiger partial charge in [-0.25, -0.2) is 14.3 Å². The molecule has 0 spiro atoms. The van der Waals surface area contributed by atoms with Crippen molar-refractivity contribution < 1.29 is 8.42 Å². The number of hydrazine groups is 1. The standard InChI is InChI=1S/C11H17N5O2S2/c1-8-4-2-3-5-16(8)20(17,18)10-9(14-12)13-11-15(10)6-7-19-11/h6-8,14H,2-5,12H2,1H3. The maximum atomic E-state index is 12.9. The Labute approximate surface area is 121 Å². The van der Waals surface area contributed by atoms with Crippen LogP contribution in [0, 0.1) is 0 Å². The second-order valence-electron chi connectivity index (χ2n) is 4.93. The molecule has 0 bridgehead atoms. The fourth-order valence-electron chi connectivity index (χ4n) is 2.65. The summed E-state index contributed by atoms with van der Waals surface area (Å²) in [5, 5.41) is 1.94. The highest BCUT2D eigenvalue weighted by Crippen LogP contribution is 2.31. The van der Waals surface area contributed by atoms with Crippen LogP contribution in [-0.2, 0) is 10.0 Å². The van der Waals surface area contributed by atoms with Crippen molar-refractivity contribution in [2.24, 2.45) is 5.84 Å². The maximum absolute atomic E-state index is 12.9. The van der Waals surface area contributed by atoms with Crippen LogP contribution in [0.5, 0.6) is 0 Å². The number of piperidine rings is 1. The van der Waals surface area contributed by atoms with Gasteiger partial charge in [0.15, 0.2) is 10.8 Å². The second-order valence-corrected chi connectivity index (χ2v) is 7.60. The summed E-state index contributed by atoms with van der Waals surface area (Å²) in [6.45, 7) is 2.49. The monoisotopic (exact) mass is 315 g/mol. The van der Waals surface area contributed by atoms with Crippen LogP contribution in [0.2, 0.25) is 0 Å². The fraction of sp³-hybridized carbons (Fsp3) is 0.545. The molecular weight excluding hydrogens is 298 g/mol. The van der Waals surface area contributed by atoms with Gasteiger partial charge in [0.25, 0.3) is 10.0 Å². The molecule has 0 radical (unpaired) electrons. The molecule has 110 valence electrons. The lowest BCUT2D eigenvalue weighted by molar-refractivity contribution is 0.268. The Kier molecular flexibility index (Phi) is 3.44. The Bertz CT molecular complexity index is 720. The van der Waals surface area contributed by atoms with Crippen molar-refractivity contribution in [1.82, 2.24) is 13.7 Å². The van der Waals surface area contributed by atoms with E-state index in [2.05, 4.69) is 10.4 Å². The molecule has 0 amide bonds. The number of nitrogen functional groups attached to an aromatic ring is 1. The minimum atomic E-state index is -3.61. The Morgan fingerprint density at radius 1 is 1.50 bits per heavy atom. The summed E-state index contributed by atoms with van der Waals surface area (Å²) in [4.78, 5) is 4.83. The van der Waals surface area contributed by atoms with Gasteiger partial charge in [-0.2, -0.15) is 9.29 Å². The fourth-order valence-corrected chi connectivity index (χ4v) is 5.33. The summed E-state index contributed by atoms with van der Waals surface area (Å²) in [7, 11) is -3.61. The molecule has 1 atom stereocenters. The first kappa shape index (κ1) is 13.8. The van der Waals surface area contributed by atoms with Gasteiger partial charge in [-0.05, 0) is 19.8 Å². The number of nitrogens with zero attached hydrogens (tertiary/aromatic N) is 3. The van der Waals surface area contributed by atoms with Crippen LogP contribution in [0.1, 0.15) is 26.2 Å². The van der Waals surface area contributed by atoms with Gasteiger partial charge < -0.3 is 5.43 Å². The number of fused-ring (bicyclic) bond motifs is 1. The Morgan fingerprint density at radius 2 is 2.30 bits per heavy atom.